The lowest BCUT2D eigenvalue weighted by molar-refractivity contribution is 0.0935. The number of nitrogens with zero attached hydrogens (tertiary/aromatic N) is 2. The summed E-state index contributed by atoms with van der Waals surface area (Å²) >= 11 is 0. The Bertz CT molecular complexity index is 926. The zero-order valence-electron chi connectivity index (χ0n) is 15.1. The quantitative estimate of drug-likeness (QED) is 0.690. The van der Waals surface area contributed by atoms with E-state index >= 15 is 0 Å². The van der Waals surface area contributed by atoms with Crippen LogP contribution in [0.4, 0.5) is 4.39 Å². The number of hydrogen-bond acceptors (Lipinski definition) is 5. The molecule has 27 heavy (non-hydrogen) atoms. The summed E-state index contributed by atoms with van der Waals surface area (Å²) in [5.74, 6) is -0.135. The standard InChI is InChI=1S/C20H20FN3O3/c1-13-5-3-7-16(22-13)9-14(2)23-20(25)18-11-27-19(24-18)12-26-17-8-4-6-15(21)10-17/h3-8,10-11,14H,9,12H2,1-2H3,(H,23,25)/t14-/m0/s1. The lowest BCUT2D eigenvalue weighted by Crippen LogP contribution is -2.34. The molecule has 2 aromatic heterocycles. The summed E-state index contributed by atoms with van der Waals surface area (Å²) in [5, 5.41) is 2.87. The minimum atomic E-state index is -0.392. The minimum absolute atomic E-state index is 0.000497. The summed E-state index contributed by atoms with van der Waals surface area (Å²) < 4.78 is 23.8. The average Bonchev–Trinajstić information content (AvgIpc) is 3.09. The molecular weight excluding hydrogens is 349 g/mol. The van der Waals surface area contributed by atoms with Crippen molar-refractivity contribution in [3.8, 4) is 5.75 Å². The van der Waals surface area contributed by atoms with E-state index in [0.717, 1.165) is 11.4 Å². The van der Waals surface area contributed by atoms with E-state index in [2.05, 4.69) is 15.3 Å². The monoisotopic (exact) mass is 369 g/mol. The highest BCUT2D eigenvalue weighted by Gasteiger charge is 2.15. The molecule has 0 aliphatic heterocycles. The first kappa shape index (κ1) is 18.6. The van der Waals surface area contributed by atoms with Gasteiger partial charge in [-0.15, -0.1) is 0 Å². The van der Waals surface area contributed by atoms with Crippen molar-refractivity contribution in [2.45, 2.75) is 32.9 Å². The van der Waals surface area contributed by atoms with Crippen LogP contribution in [0.2, 0.25) is 0 Å². The first-order valence-corrected chi connectivity index (χ1v) is 8.56. The van der Waals surface area contributed by atoms with Crippen LogP contribution >= 0.6 is 0 Å². The Morgan fingerprint density at radius 3 is 2.85 bits per heavy atom. The number of hydrogen-bond donors (Lipinski definition) is 1. The topological polar surface area (TPSA) is 77.2 Å². The van der Waals surface area contributed by atoms with Crippen LogP contribution in [0, 0.1) is 12.7 Å². The zero-order chi connectivity index (χ0) is 19.2. The number of ether oxygens (including phenoxy) is 1. The largest absolute Gasteiger partial charge is 0.484 e. The van der Waals surface area contributed by atoms with Crippen LogP contribution < -0.4 is 10.1 Å². The first-order chi connectivity index (χ1) is 13.0. The number of rotatable bonds is 7. The second-order valence-electron chi connectivity index (χ2n) is 6.22. The number of oxazole rings is 1. The molecule has 0 bridgehead atoms. The van der Waals surface area contributed by atoms with Gasteiger partial charge in [0.25, 0.3) is 5.91 Å². The van der Waals surface area contributed by atoms with Crippen molar-refractivity contribution in [3.63, 3.8) is 0 Å². The molecule has 2 heterocycles. The maximum absolute atomic E-state index is 13.1. The molecule has 0 aliphatic carbocycles. The first-order valence-electron chi connectivity index (χ1n) is 8.56. The van der Waals surface area contributed by atoms with Crippen molar-refractivity contribution in [2.75, 3.05) is 0 Å². The Hall–Kier alpha value is -3.22. The summed E-state index contributed by atoms with van der Waals surface area (Å²) in [6.07, 6.45) is 1.89. The number of amides is 1. The molecule has 140 valence electrons. The van der Waals surface area contributed by atoms with E-state index in [-0.39, 0.29) is 30.1 Å². The van der Waals surface area contributed by atoms with Crippen molar-refractivity contribution >= 4 is 5.91 Å². The summed E-state index contributed by atoms with van der Waals surface area (Å²) in [6, 6.07) is 11.4. The number of nitrogens with one attached hydrogen (secondary N) is 1. The van der Waals surface area contributed by atoms with Crippen molar-refractivity contribution in [1.29, 1.82) is 0 Å². The van der Waals surface area contributed by atoms with Crippen molar-refractivity contribution < 1.29 is 18.3 Å². The highest BCUT2D eigenvalue weighted by atomic mass is 19.1. The molecule has 0 radical (unpaired) electrons. The van der Waals surface area contributed by atoms with Crippen molar-refractivity contribution in [3.05, 3.63) is 77.5 Å². The highest BCUT2D eigenvalue weighted by molar-refractivity contribution is 5.92. The third kappa shape index (κ3) is 5.37. The Kier molecular flexibility index (Phi) is 5.80. The smallest absolute Gasteiger partial charge is 0.273 e. The van der Waals surface area contributed by atoms with E-state index in [0.29, 0.717) is 12.2 Å². The van der Waals surface area contributed by atoms with E-state index in [1.54, 1.807) is 12.1 Å². The minimum Gasteiger partial charge on any atom is -0.484 e. The van der Waals surface area contributed by atoms with Gasteiger partial charge in [0.1, 0.15) is 17.8 Å². The van der Waals surface area contributed by atoms with Gasteiger partial charge in [-0.2, -0.15) is 0 Å². The van der Waals surface area contributed by atoms with Gasteiger partial charge < -0.3 is 14.5 Å². The number of aryl methyl sites for hydroxylation is 1. The molecule has 3 rings (SSSR count). The lowest BCUT2D eigenvalue weighted by atomic mass is 10.1. The Balaban J connectivity index is 1.53. The molecule has 6 nitrogen and oxygen atoms in total. The second kappa shape index (κ2) is 8.44. The predicted molar refractivity (Wildman–Crippen MR) is 96.8 cm³/mol. The van der Waals surface area contributed by atoms with E-state index < -0.39 is 5.82 Å². The predicted octanol–water partition coefficient (Wildman–Crippen LogP) is 3.46. The van der Waals surface area contributed by atoms with Gasteiger partial charge in [-0.05, 0) is 38.1 Å². The molecule has 1 aromatic carbocycles. The van der Waals surface area contributed by atoms with Gasteiger partial charge in [0.05, 0.1) is 0 Å². The number of aromatic nitrogens is 2. The number of pyridine rings is 1. The van der Waals surface area contributed by atoms with E-state index in [9.17, 15) is 9.18 Å². The van der Waals surface area contributed by atoms with Gasteiger partial charge >= 0.3 is 0 Å². The van der Waals surface area contributed by atoms with Crippen LogP contribution in [0.1, 0.15) is 34.7 Å². The molecule has 0 unspecified atom stereocenters. The van der Waals surface area contributed by atoms with Gasteiger partial charge in [0, 0.05) is 29.9 Å². The normalized spacial score (nSPS) is 11.8. The van der Waals surface area contributed by atoms with Gasteiger partial charge in [0.15, 0.2) is 12.3 Å². The zero-order valence-corrected chi connectivity index (χ0v) is 15.1. The van der Waals surface area contributed by atoms with Crippen LogP contribution in [0.5, 0.6) is 5.75 Å². The lowest BCUT2D eigenvalue weighted by Gasteiger charge is -2.12. The Morgan fingerprint density at radius 2 is 2.07 bits per heavy atom. The van der Waals surface area contributed by atoms with Crippen LogP contribution in [0.3, 0.4) is 0 Å². The molecule has 1 N–H and O–H groups in total. The number of halogens is 1. The van der Waals surface area contributed by atoms with Gasteiger partial charge in [0.2, 0.25) is 5.89 Å². The van der Waals surface area contributed by atoms with Gasteiger partial charge in [-0.3, -0.25) is 9.78 Å². The van der Waals surface area contributed by atoms with Crippen LogP contribution in [0.25, 0.3) is 0 Å². The van der Waals surface area contributed by atoms with Gasteiger partial charge in [-0.1, -0.05) is 12.1 Å². The molecule has 3 aromatic rings. The van der Waals surface area contributed by atoms with Crippen molar-refractivity contribution in [2.24, 2.45) is 0 Å². The second-order valence-corrected chi connectivity index (χ2v) is 6.22. The summed E-state index contributed by atoms with van der Waals surface area (Å²) in [5.41, 5.74) is 2.01. The van der Waals surface area contributed by atoms with Crippen LogP contribution in [-0.2, 0) is 13.0 Å². The average molecular weight is 369 g/mol. The molecule has 7 heteroatoms. The molecule has 0 saturated carbocycles. The molecule has 0 aliphatic rings. The third-order valence-corrected chi connectivity index (χ3v) is 3.78. The SMILES string of the molecule is Cc1cccc(C[C@H](C)NC(=O)c2coc(COc3cccc(F)c3)n2)n1. The summed E-state index contributed by atoms with van der Waals surface area (Å²) in [7, 11) is 0. The molecule has 1 amide bonds. The Morgan fingerprint density at radius 1 is 1.26 bits per heavy atom. The van der Waals surface area contributed by atoms with Crippen molar-refractivity contribution in [1.82, 2.24) is 15.3 Å². The number of benzene rings is 1. The summed E-state index contributed by atoms with van der Waals surface area (Å²) in [6.45, 7) is 3.82. The molecule has 0 saturated heterocycles. The molecular formula is C20H20FN3O3. The molecule has 0 fully saturated rings. The fourth-order valence-electron chi connectivity index (χ4n) is 2.56. The fraction of sp³-hybridized carbons (Fsp3) is 0.250. The molecule has 0 spiro atoms. The van der Waals surface area contributed by atoms with Crippen LogP contribution in [-0.4, -0.2) is 21.9 Å². The van der Waals surface area contributed by atoms with Gasteiger partial charge in [-0.25, -0.2) is 9.37 Å². The highest BCUT2D eigenvalue weighted by Crippen LogP contribution is 2.14. The van der Waals surface area contributed by atoms with E-state index in [1.807, 2.05) is 32.0 Å². The fourth-order valence-corrected chi connectivity index (χ4v) is 2.56. The number of carbonyl (C=O) groups is 1. The van der Waals surface area contributed by atoms with E-state index in [4.69, 9.17) is 9.15 Å². The van der Waals surface area contributed by atoms with E-state index in [1.165, 1.54) is 18.4 Å². The third-order valence-electron chi connectivity index (χ3n) is 3.78. The van der Waals surface area contributed by atoms with Crippen LogP contribution in [0.15, 0.2) is 53.1 Å². The maximum atomic E-state index is 13.1. The maximum Gasteiger partial charge on any atom is 0.273 e. The summed E-state index contributed by atoms with van der Waals surface area (Å²) in [4.78, 5) is 20.8. The number of carbonyl (C=O) groups excluding carboxylic acids is 1. The Labute approximate surface area is 156 Å². The molecule has 1 atom stereocenters.